The first-order chi connectivity index (χ1) is 14.7. The van der Waals surface area contributed by atoms with Gasteiger partial charge >= 0.3 is 24.2 Å². The van der Waals surface area contributed by atoms with E-state index in [2.05, 4.69) is 9.47 Å². The van der Waals surface area contributed by atoms with Gasteiger partial charge in [0.25, 0.3) is 0 Å². The van der Waals surface area contributed by atoms with Crippen molar-refractivity contribution in [3.05, 3.63) is 23.8 Å². The maximum Gasteiger partial charge on any atom is 0.513 e. The molecule has 1 aromatic rings. The first-order valence-corrected chi connectivity index (χ1v) is 9.46. The Morgan fingerprint density at radius 3 is 2.19 bits per heavy atom. The monoisotopic (exact) mass is 441 g/mol. The maximum atomic E-state index is 12.1. The highest BCUT2D eigenvalue weighted by atomic mass is 16.7. The summed E-state index contributed by atoms with van der Waals surface area (Å²) in [5.41, 5.74) is 6.37. The van der Waals surface area contributed by atoms with E-state index in [-0.39, 0.29) is 36.9 Å². The fourth-order valence-electron chi connectivity index (χ4n) is 2.27. The molecule has 0 heterocycles. The number of nitrogens with two attached hydrogens (primary N) is 1. The van der Waals surface area contributed by atoms with Crippen LogP contribution in [0, 0.1) is 0 Å². The van der Waals surface area contributed by atoms with E-state index in [1.165, 1.54) is 18.2 Å². The van der Waals surface area contributed by atoms with Crippen LogP contribution in [-0.4, -0.2) is 57.2 Å². The number of rotatable bonds is 10. The van der Waals surface area contributed by atoms with Crippen LogP contribution in [-0.2, 0) is 35.0 Å². The molecule has 31 heavy (non-hydrogen) atoms. The molecule has 0 spiro atoms. The Balaban J connectivity index is 2.75. The molecular weight excluding hydrogens is 414 g/mol. The molecule has 0 fully saturated rings. The third kappa shape index (κ3) is 9.34. The van der Waals surface area contributed by atoms with Gasteiger partial charge in [-0.1, -0.05) is 13.0 Å². The van der Waals surface area contributed by atoms with E-state index >= 15 is 0 Å². The van der Waals surface area contributed by atoms with Crippen LogP contribution in [0.1, 0.15) is 32.3 Å². The van der Waals surface area contributed by atoms with Crippen molar-refractivity contribution >= 4 is 24.2 Å². The molecule has 0 bridgehead atoms. The number of carbonyl (C=O) groups excluding carboxylic acids is 4. The summed E-state index contributed by atoms with van der Waals surface area (Å²) in [6, 6.07) is 3.18. The topological polar surface area (TPSA) is 150 Å². The minimum atomic E-state index is -1.04. The highest BCUT2D eigenvalue weighted by Crippen LogP contribution is 2.29. The summed E-state index contributed by atoms with van der Waals surface area (Å²) in [5, 5.41) is 0. The fraction of sp³-hybridized carbons (Fsp3) is 0.500. The molecule has 0 radical (unpaired) electrons. The highest BCUT2D eigenvalue weighted by molar-refractivity contribution is 5.76. The van der Waals surface area contributed by atoms with Gasteiger partial charge in [0.1, 0.15) is 18.8 Å². The molecule has 11 nitrogen and oxygen atoms in total. The highest BCUT2D eigenvalue weighted by Gasteiger charge is 2.21. The predicted octanol–water partition coefficient (Wildman–Crippen LogP) is 2.12. The van der Waals surface area contributed by atoms with E-state index < -0.39 is 30.4 Å². The number of ether oxygens (including phenoxy) is 6. The standard InChI is InChI=1S/C20H27NO10/c1-5-6-17(22)29-12(2)11-28-18(23)14(21)9-13-7-8-15(30-19(24)26-3)16(10-13)31-20(25)27-4/h7-8,10,12,14H,5-6,9,11,21H2,1-4H3/t12-,14-/m0/s1. The summed E-state index contributed by atoms with van der Waals surface area (Å²) in [6.07, 6.45) is -1.70. The normalized spacial score (nSPS) is 12.2. The van der Waals surface area contributed by atoms with Crippen molar-refractivity contribution in [3.63, 3.8) is 0 Å². The van der Waals surface area contributed by atoms with Crippen molar-refractivity contribution in [3.8, 4) is 11.5 Å². The molecule has 0 unspecified atom stereocenters. The third-order valence-corrected chi connectivity index (χ3v) is 3.73. The molecule has 11 heteroatoms. The summed E-state index contributed by atoms with van der Waals surface area (Å²) < 4.78 is 28.9. The lowest BCUT2D eigenvalue weighted by Crippen LogP contribution is -2.36. The molecule has 0 aromatic heterocycles. The SMILES string of the molecule is CCCC(=O)O[C@@H](C)COC(=O)[C@@H](N)Cc1ccc(OC(=O)OC)c(OC(=O)OC)c1. The molecule has 1 rings (SSSR count). The lowest BCUT2D eigenvalue weighted by Gasteiger charge is -2.16. The second-order valence-electron chi connectivity index (χ2n) is 6.38. The molecule has 0 amide bonds. The average molecular weight is 441 g/mol. The van der Waals surface area contributed by atoms with Crippen LogP contribution in [0.4, 0.5) is 9.59 Å². The Labute approximate surface area is 179 Å². The van der Waals surface area contributed by atoms with Crippen molar-refractivity contribution in [1.29, 1.82) is 0 Å². The number of carbonyl (C=O) groups is 4. The van der Waals surface area contributed by atoms with Gasteiger partial charge in [-0.3, -0.25) is 9.59 Å². The van der Waals surface area contributed by atoms with Gasteiger partial charge in [0, 0.05) is 6.42 Å². The van der Waals surface area contributed by atoms with Gasteiger partial charge < -0.3 is 34.2 Å². The van der Waals surface area contributed by atoms with Crippen LogP contribution >= 0.6 is 0 Å². The largest absolute Gasteiger partial charge is 0.513 e. The van der Waals surface area contributed by atoms with E-state index in [1.807, 2.05) is 6.92 Å². The van der Waals surface area contributed by atoms with Gasteiger partial charge in [0.2, 0.25) is 0 Å². The first kappa shape index (κ1) is 25.7. The summed E-state index contributed by atoms with van der Waals surface area (Å²) in [7, 11) is 2.23. The molecule has 172 valence electrons. The third-order valence-electron chi connectivity index (χ3n) is 3.73. The molecule has 0 aliphatic rings. The number of hydrogen-bond donors (Lipinski definition) is 1. The predicted molar refractivity (Wildman–Crippen MR) is 106 cm³/mol. The lowest BCUT2D eigenvalue weighted by atomic mass is 10.1. The lowest BCUT2D eigenvalue weighted by molar-refractivity contribution is -0.158. The van der Waals surface area contributed by atoms with Crippen LogP contribution in [0.25, 0.3) is 0 Å². The van der Waals surface area contributed by atoms with Crippen LogP contribution in [0.3, 0.4) is 0 Å². The zero-order valence-electron chi connectivity index (χ0n) is 17.9. The second kappa shape index (κ2) is 13.1. The fourth-order valence-corrected chi connectivity index (χ4v) is 2.27. The Bertz CT molecular complexity index is 779. The van der Waals surface area contributed by atoms with E-state index in [0.29, 0.717) is 12.0 Å². The van der Waals surface area contributed by atoms with Gasteiger partial charge in [0.05, 0.1) is 14.2 Å². The molecule has 1 aromatic carbocycles. The molecule has 0 saturated carbocycles. The smallest absolute Gasteiger partial charge is 0.461 e. The van der Waals surface area contributed by atoms with E-state index in [1.54, 1.807) is 6.92 Å². The summed E-state index contributed by atoms with van der Waals surface area (Å²) in [5.74, 6) is -1.31. The number of hydrogen-bond acceptors (Lipinski definition) is 11. The maximum absolute atomic E-state index is 12.1. The Morgan fingerprint density at radius 2 is 1.61 bits per heavy atom. The molecular formula is C20H27NO10. The van der Waals surface area contributed by atoms with Crippen molar-refractivity contribution in [1.82, 2.24) is 0 Å². The number of benzene rings is 1. The van der Waals surface area contributed by atoms with Crippen molar-refractivity contribution in [2.45, 2.75) is 45.3 Å². The van der Waals surface area contributed by atoms with Crippen molar-refractivity contribution in [2.75, 3.05) is 20.8 Å². The van der Waals surface area contributed by atoms with Gasteiger partial charge in [-0.05, 0) is 37.5 Å². The quantitative estimate of drug-likeness (QED) is 0.323. The van der Waals surface area contributed by atoms with Crippen molar-refractivity contribution < 1.29 is 47.6 Å². The zero-order valence-corrected chi connectivity index (χ0v) is 17.9. The zero-order chi connectivity index (χ0) is 23.4. The number of methoxy groups -OCH3 is 2. The first-order valence-electron chi connectivity index (χ1n) is 9.46. The summed E-state index contributed by atoms with van der Waals surface area (Å²) in [4.78, 5) is 46.4. The van der Waals surface area contributed by atoms with Crippen LogP contribution in [0.5, 0.6) is 11.5 Å². The van der Waals surface area contributed by atoms with Crippen LogP contribution in [0.15, 0.2) is 18.2 Å². The minimum absolute atomic E-state index is 0.0267. The average Bonchev–Trinajstić information content (AvgIpc) is 2.73. The van der Waals surface area contributed by atoms with Crippen molar-refractivity contribution in [2.24, 2.45) is 5.73 Å². The number of esters is 2. The van der Waals surface area contributed by atoms with Crippen LogP contribution < -0.4 is 15.2 Å². The van der Waals surface area contributed by atoms with Gasteiger partial charge in [-0.2, -0.15) is 0 Å². The molecule has 0 aliphatic heterocycles. The summed E-state index contributed by atoms with van der Waals surface area (Å²) >= 11 is 0. The van der Waals surface area contributed by atoms with Gasteiger partial charge in [-0.15, -0.1) is 0 Å². The van der Waals surface area contributed by atoms with Crippen LogP contribution in [0.2, 0.25) is 0 Å². The van der Waals surface area contributed by atoms with Gasteiger partial charge in [0.15, 0.2) is 11.5 Å². The Hall–Kier alpha value is -3.34. The second-order valence-corrected chi connectivity index (χ2v) is 6.38. The molecule has 2 N–H and O–H groups in total. The van der Waals surface area contributed by atoms with E-state index in [9.17, 15) is 19.2 Å². The molecule has 2 atom stereocenters. The Kier molecular flexibility index (Phi) is 10.8. The Morgan fingerprint density at radius 1 is 1.00 bits per heavy atom. The molecule has 0 saturated heterocycles. The van der Waals surface area contributed by atoms with Gasteiger partial charge in [-0.25, -0.2) is 9.59 Å². The summed E-state index contributed by atoms with van der Waals surface area (Å²) in [6.45, 7) is 3.31. The minimum Gasteiger partial charge on any atom is -0.461 e. The van der Waals surface area contributed by atoms with E-state index in [0.717, 1.165) is 14.2 Å². The van der Waals surface area contributed by atoms with E-state index in [4.69, 9.17) is 24.7 Å². The molecule has 0 aliphatic carbocycles.